The van der Waals surface area contributed by atoms with Crippen molar-refractivity contribution in [1.82, 2.24) is 29.5 Å². The lowest BCUT2D eigenvalue weighted by molar-refractivity contribution is 0.0284. The van der Waals surface area contributed by atoms with Crippen molar-refractivity contribution in [2.24, 2.45) is 0 Å². The third-order valence-corrected chi connectivity index (χ3v) is 5.91. The molecule has 1 aromatic carbocycles. The number of benzene rings is 1. The van der Waals surface area contributed by atoms with Gasteiger partial charge >= 0.3 is 0 Å². The van der Waals surface area contributed by atoms with Gasteiger partial charge in [0.2, 0.25) is 17.7 Å². The van der Waals surface area contributed by atoms with Crippen molar-refractivity contribution in [2.45, 2.75) is 19.4 Å². The van der Waals surface area contributed by atoms with Gasteiger partial charge in [0.25, 0.3) is 5.78 Å². The minimum atomic E-state index is -0.980. The van der Waals surface area contributed by atoms with E-state index in [1.807, 2.05) is 4.90 Å². The summed E-state index contributed by atoms with van der Waals surface area (Å²) in [6.07, 6.45) is 1.55. The van der Waals surface area contributed by atoms with Crippen molar-refractivity contribution >= 4 is 23.4 Å². The van der Waals surface area contributed by atoms with Crippen LogP contribution in [0.3, 0.4) is 0 Å². The van der Waals surface area contributed by atoms with Gasteiger partial charge in [-0.05, 0) is 38.1 Å². The smallest absolute Gasteiger partial charge is 0.259 e. The third kappa shape index (κ3) is 5.89. The molecule has 0 saturated carbocycles. The fourth-order valence-corrected chi connectivity index (χ4v) is 4.03. The molecule has 196 valence electrons. The van der Waals surface area contributed by atoms with Gasteiger partial charge in [-0.15, -0.1) is 5.10 Å². The number of ether oxygens (including phenoxy) is 1. The van der Waals surface area contributed by atoms with E-state index < -0.39 is 5.60 Å². The maximum atomic E-state index is 14.7. The first-order valence-electron chi connectivity index (χ1n) is 12.1. The van der Waals surface area contributed by atoms with Crippen molar-refractivity contribution in [1.29, 1.82) is 0 Å². The summed E-state index contributed by atoms with van der Waals surface area (Å²) in [6.45, 7) is 7.72. The molecular weight excluding hydrogens is 481 g/mol. The van der Waals surface area contributed by atoms with Crippen molar-refractivity contribution in [3.63, 3.8) is 0 Å². The number of piperazine rings is 1. The zero-order chi connectivity index (χ0) is 26.0. The maximum absolute atomic E-state index is 14.7. The number of aromatic nitrogens is 5. The van der Waals surface area contributed by atoms with E-state index >= 15 is 0 Å². The van der Waals surface area contributed by atoms with Crippen LogP contribution in [0.5, 0.6) is 5.75 Å². The minimum Gasteiger partial charge on any atom is -0.491 e. The van der Waals surface area contributed by atoms with Crippen LogP contribution in [-0.2, 0) is 0 Å². The average molecular weight is 512 g/mol. The largest absolute Gasteiger partial charge is 0.491 e. The molecule has 1 saturated heterocycles. The molecule has 0 bridgehead atoms. The first-order valence-corrected chi connectivity index (χ1v) is 12.1. The Morgan fingerprint density at radius 3 is 2.68 bits per heavy atom. The highest BCUT2D eigenvalue weighted by Gasteiger charge is 2.21. The number of anilines is 3. The van der Waals surface area contributed by atoms with Crippen LogP contribution in [0.15, 0.2) is 41.0 Å². The molecule has 1 aliphatic heterocycles. The van der Waals surface area contributed by atoms with E-state index in [1.54, 1.807) is 44.4 Å². The lowest BCUT2D eigenvalue weighted by Crippen LogP contribution is -2.48. The lowest BCUT2D eigenvalue weighted by Gasteiger charge is -2.36. The Hall–Kier alpha value is -3.97. The van der Waals surface area contributed by atoms with E-state index in [4.69, 9.17) is 14.9 Å². The van der Waals surface area contributed by atoms with Crippen molar-refractivity contribution in [2.75, 3.05) is 61.8 Å². The average Bonchev–Trinajstić information content (AvgIpc) is 3.53. The minimum absolute atomic E-state index is 0.0922. The Balaban J connectivity index is 1.11. The van der Waals surface area contributed by atoms with E-state index in [-0.39, 0.29) is 18.4 Å². The molecule has 12 nitrogen and oxygen atoms in total. The van der Waals surface area contributed by atoms with Crippen LogP contribution >= 0.6 is 0 Å². The van der Waals surface area contributed by atoms with Gasteiger partial charge in [0.05, 0.1) is 17.6 Å². The Morgan fingerprint density at radius 1 is 1.16 bits per heavy atom. The summed E-state index contributed by atoms with van der Waals surface area (Å²) in [5, 5.41) is 17.3. The van der Waals surface area contributed by atoms with Gasteiger partial charge in [-0.25, -0.2) is 4.39 Å². The Labute approximate surface area is 212 Å². The number of rotatable bonds is 9. The van der Waals surface area contributed by atoms with Gasteiger partial charge in [-0.3, -0.25) is 4.90 Å². The second kappa shape index (κ2) is 10.2. The number of halogens is 1. The molecule has 1 aliphatic rings. The predicted molar refractivity (Wildman–Crippen MR) is 136 cm³/mol. The van der Waals surface area contributed by atoms with E-state index in [9.17, 15) is 9.50 Å². The molecule has 0 aliphatic carbocycles. The normalized spacial score (nSPS) is 14.9. The van der Waals surface area contributed by atoms with Crippen LogP contribution in [0.25, 0.3) is 17.4 Å². The summed E-state index contributed by atoms with van der Waals surface area (Å²) in [4.78, 5) is 17.3. The highest BCUT2D eigenvalue weighted by molar-refractivity contribution is 5.53. The van der Waals surface area contributed by atoms with E-state index in [2.05, 4.69) is 30.3 Å². The number of nitrogens with two attached hydrogens (primary N) is 1. The molecule has 4 N–H and O–H groups in total. The summed E-state index contributed by atoms with van der Waals surface area (Å²) >= 11 is 0. The number of hydrogen-bond donors (Lipinski definition) is 3. The zero-order valence-corrected chi connectivity index (χ0v) is 20.8. The third-order valence-electron chi connectivity index (χ3n) is 5.91. The highest BCUT2D eigenvalue weighted by Crippen LogP contribution is 2.26. The molecule has 37 heavy (non-hydrogen) atoms. The molecule has 4 aromatic rings. The Morgan fingerprint density at radius 2 is 1.97 bits per heavy atom. The maximum Gasteiger partial charge on any atom is 0.259 e. The molecule has 0 radical (unpaired) electrons. The SMILES string of the molecule is CC(C)(O)COc1ccc(N2CCN(CCNc3nc(N)n4nc(-c5ccco5)nc4n3)CC2)c(F)c1. The zero-order valence-electron chi connectivity index (χ0n) is 20.8. The monoisotopic (exact) mass is 511 g/mol. The van der Waals surface area contributed by atoms with Crippen LogP contribution in [0, 0.1) is 5.82 Å². The number of nitrogens with zero attached hydrogens (tertiary/aromatic N) is 7. The Bertz CT molecular complexity index is 1350. The molecule has 13 heteroatoms. The van der Waals surface area contributed by atoms with Gasteiger partial charge in [0.1, 0.15) is 18.2 Å². The summed E-state index contributed by atoms with van der Waals surface area (Å²) in [7, 11) is 0. The van der Waals surface area contributed by atoms with Crippen LogP contribution in [0.1, 0.15) is 13.8 Å². The van der Waals surface area contributed by atoms with Crippen molar-refractivity contribution < 1.29 is 18.7 Å². The molecule has 0 spiro atoms. The highest BCUT2D eigenvalue weighted by atomic mass is 19.1. The quantitative estimate of drug-likeness (QED) is 0.303. The van der Waals surface area contributed by atoms with Crippen molar-refractivity contribution in [3.8, 4) is 17.3 Å². The number of fused-ring (bicyclic) bond motifs is 1. The van der Waals surface area contributed by atoms with Gasteiger partial charge in [-0.1, -0.05) is 0 Å². The van der Waals surface area contributed by atoms with E-state index in [0.29, 0.717) is 54.4 Å². The summed E-state index contributed by atoms with van der Waals surface area (Å²) in [5.74, 6) is 1.84. The number of hydrogen-bond acceptors (Lipinski definition) is 11. The van der Waals surface area contributed by atoms with Crippen LogP contribution in [0.4, 0.5) is 22.0 Å². The van der Waals surface area contributed by atoms with Crippen LogP contribution in [-0.4, -0.2) is 86.0 Å². The van der Waals surface area contributed by atoms with E-state index in [0.717, 1.165) is 19.6 Å². The van der Waals surface area contributed by atoms with Gasteiger partial charge in [-0.2, -0.15) is 19.5 Å². The molecule has 0 atom stereocenters. The second-order valence-electron chi connectivity index (χ2n) is 9.50. The van der Waals surface area contributed by atoms with E-state index in [1.165, 1.54) is 10.6 Å². The predicted octanol–water partition coefficient (Wildman–Crippen LogP) is 1.88. The summed E-state index contributed by atoms with van der Waals surface area (Å²) < 4.78 is 26.9. The molecule has 0 unspecified atom stereocenters. The number of aliphatic hydroxyl groups is 1. The fourth-order valence-electron chi connectivity index (χ4n) is 4.03. The molecular formula is C24H30FN9O3. The molecule has 4 heterocycles. The summed E-state index contributed by atoms with van der Waals surface area (Å²) in [6, 6.07) is 8.34. The first kappa shape index (κ1) is 24.7. The second-order valence-corrected chi connectivity index (χ2v) is 9.50. The molecule has 5 rings (SSSR count). The lowest BCUT2D eigenvalue weighted by atomic mass is 10.1. The van der Waals surface area contributed by atoms with Gasteiger partial charge in [0.15, 0.2) is 5.76 Å². The fraction of sp³-hybridized carbons (Fsp3) is 0.417. The van der Waals surface area contributed by atoms with Crippen LogP contribution in [0.2, 0.25) is 0 Å². The number of furan rings is 1. The van der Waals surface area contributed by atoms with Gasteiger partial charge in [0, 0.05) is 45.3 Å². The van der Waals surface area contributed by atoms with Crippen LogP contribution < -0.4 is 20.7 Å². The standard InChI is InChI=1S/C24H30FN9O3/c1-24(2,35)15-37-16-5-6-18(17(25)14-16)33-11-9-32(10-12-33)8-7-27-22-29-21(26)34-23(30-22)28-20(31-34)19-4-3-13-36-19/h3-6,13-14,35H,7-12,15H2,1-2H3,(H3,26,27,28,29,30,31). The van der Waals surface area contributed by atoms with Gasteiger partial charge < -0.3 is 30.2 Å². The number of nitrogens with one attached hydrogen (secondary N) is 1. The number of nitrogen functional groups attached to an aromatic ring is 1. The Kier molecular flexibility index (Phi) is 6.80. The summed E-state index contributed by atoms with van der Waals surface area (Å²) in [5.41, 5.74) is 5.61. The topological polar surface area (TPSA) is 143 Å². The molecule has 0 amide bonds. The van der Waals surface area contributed by atoms with Crippen molar-refractivity contribution in [3.05, 3.63) is 42.4 Å². The molecule has 1 fully saturated rings. The first-order chi connectivity index (χ1) is 17.7. The molecule has 3 aromatic heterocycles.